The van der Waals surface area contributed by atoms with Crippen molar-refractivity contribution in [3.05, 3.63) is 51.9 Å². The van der Waals surface area contributed by atoms with Gasteiger partial charge in [-0.2, -0.15) is 0 Å². The molecule has 0 bridgehead atoms. The molecule has 1 aliphatic rings. The molecule has 0 radical (unpaired) electrons. The fraction of sp³-hybridized carbons (Fsp3) is 0.393. The van der Waals surface area contributed by atoms with E-state index in [1.807, 2.05) is 13.0 Å². The fourth-order valence-corrected chi connectivity index (χ4v) is 5.40. The predicted molar refractivity (Wildman–Crippen MR) is 138 cm³/mol. The van der Waals surface area contributed by atoms with Crippen LogP contribution in [0.4, 0.5) is 0 Å². The van der Waals surface area contributed by atoms with Crippen LogP contribution >= 0.6 is 0 Å². The first-order chi connectivity index (χ1) is 17.5. The lowest BCUT2D eigenvalue weighted by atomic mass is 9.80. The zero-order valence-corrected chi connectivity index (χ0v) is 21.2. The molecular weight excluding hydrogens is 480 g/mol. The summed E-state index contributed by atoms with van der Waals surface area (Å²) in [4.78, 5) is 13.3. The number of aryl methyl sites for hydroxylation is 1. The average molecular weight is 511 g/mol. The van der Waals surface area contributed by atoms with Gasteiger partial charge in [-0.25, -0.2) is 4.79 Å². The van der Waals surface area contributed by atoms with Gasteiger partial charge in [0.05, 0.1) is 31.1 Å². The summed E-state index contributed by atoms with van der Waals surface area (Å²) in [5, 5.41) is 45.2. The van der Waals surface area contributed by atoms with Crippen LogP contribution in [0.15, 0.2) is 39.5 Å². The van der Waals surface area contributed by atoms with Crippen molar-refractivity contribution >= 4 is 32.5 Å². The summed E-state index contributed by atoms with van der Waals surface area (Å²) in [6, 6.07) is 8.24. The number of fused-ring (bicyclic) bond motifs is 5. The lowest BCUT2D eigenvalue weighted by molar-refractivity contribution is -0.261. The van der Waals surface area contributed by atoms with Crippen LogP contribution in [0.1, 0.15) is 38.0 Å². The van der Waals surface area contributed by atoms with Gasteiger partial charge in [-0.15, -0.1) is 0 Å². The van der Waals surface area contributed by atoms with Crippen LogP contribution in [0.25, 0.3) is 32.5 Å². The molecule has 1 aromatic heterocycles. The van der Waals surface area contributed by atoms with Gasteiger partial charge in [0.1, 0.15) is 46.7 Å². The second-order valence-corrected chi connectivity index (χ2v) is 9.72. The van der Waals surface area contributed by atoms with E-state index < -0.39 is 35.6 Å². The number of phenols is 1. The molecule has 37 heavy (non-hydrogen) atoms. The SMILES string of the molecule is CCc1cc(OC)c2c(c1)c(=O)oc1c2cc(OC)c2c(O)ccc([C@H]3O[C@@H](C)[C@H](O)[C@@](C)(O)[C@@H]3O)c21. The zero-order valence-electron chi connectivity index (χ0n) is 21.2. The molecule has 2 heterocycles. The zero-order chi connectivity index (χ0) is 26.8. The van der Waals surface area contributed by atoms with Crippen LogP contribution in [0, 0.1) is 0 Å². The number of aromatic hydroxyl groups is 1. The van der Waals surface area contributed by atoms with E-state index in [1.165, 1.54) is 33.3 Å². The van der Waals surface area contributed by atoms with E-state index in [1.54, 1.807) is 19.1 Å². The van der Waals surface area contributed by atoms with Crippen molar-refractivity contribution in [2.45, 2.75) is 57.2 Å². The minimum absolute atomic E-state index is 0.135. The highest BCUT2D eigenvalue weighted by Gasteiger charge is 2.51. The van der Waals surface area contributed by atoms with Gasteiger partial charge >= 0.3 is 5.63 Å². The third kappa shape index (κ3) is 3.65. The fourth-order valence-electron chi connectivity index (χ4n) is 5.40. The number of aliphatic hydroxyl groups is 3. The summed E-state index contributed by atoms with van der Waals surface area (Å²) in [6.45, 7) is 4.89. The van der Waals surface area contributed by atoms with Gasteiger partial charge in [0.15, 0.2) is 0 Å². The van der Waals surface area contributed by atoms with Crippen molar-refractivity contribution in [1.29, 1.82) is 0 Å². The molecule has 0 spiro atoms. The Balaban J connectivity index is 1.96. The summed E-state index contributed by atoms with van der Waals surface area (Å²) >= 11 is 0. The maximum Gasteiger partial charge on any atom is 0.344 e. The number of phenolic OH excluding ortho intramolecular Hbond substituents is 1. The van der Waals surface area contributed by atoms with Gasteiger partial charge in [-0.3, -0.25) is 0 Å². The van der Waals surface area contributed by atoms with Gasteiger partial charge in [-0.05, 0) is 55.7 Å². The van der Waals surface area contributed by atoms with Crippen molar-refractivity contribution < 1.29 is 39.1 Å². The molecule has 9 nitrogen and oxygen atoms in total. The lowest BCUT2D eigenvalue weighted by Crippen LogP contribution is -2.61. The molecule has 1 fully saturated rings. The van der Waals surface area contributed by atoms with Crippen LogP contribution in [-0.2, 0) is 11.2 Å². The maximum absolute atomic E-state index is 13.3. The number of hydrogen-bond donors (Lipinski definition) is 4. The molecule has 0 amide bonds. The predicted octanol–water partition coefficient (Wildman–Crippen LogP) is 3.32. The molecule has 0 aliphatic carbocycles. The highest BCUT2D eigenvalue weighted by molar-refractivity contribution is 6.19. The van der Waals surface area contributed by atoms with Crippen LogP contribution in [-0.4, -0.2) is 58.6 Å². The first kappa shape index (κ1) is 25.3. The summed E-state index contributed by atoms with van der Waals surface area (Å²) in [7, 11) is 2.97. The van der Waals surface area contributed by atoms with E-state index in [0.717, 1.165) is 5.56 Å². The standard InChI is InChI=1S/C28H30O9/c1-6-13-9-16-20(18(10-13)34-4)15-11-19(35-5)22-17(29)8-7-14(21(22)23(15)37-27(16)32)24-26(31)28(3,33)25(30)12(2)36-24/h7-12,24-26,29-31,33H,6H2,1-5H3/t12-,24+,25-,26+,28+/m0/s1. The monoisotopic (exact) mass is 510 g/mol. The van der Waals surface area contributed by atoms with Crippen LogP contribution < -0.4 is 15.1 Å². The average Bonchev–Trinajstić information content (AvgIpc) is 2.89. The Bertz CT molecular complexity index is 1590. The smallest absolute Gasteiger partial charge is 0.344 e. The number of methoxy groups -OCH3 is 2. The van der Waals surface area contributed by atoms with E-state index in [9.17, 15) is 25.2 Å². The third-order valence-corrected chi connectivity index (χ3v) is 7.50. The minimum Gasteiger partial charge on any atom is -0.507 e. The maximum atomic E-state index is 13.3. The van der Waals surface area contributed by atoms with Crippen molar-refractivity contribution in [3.63, 3.8) is 0 Å². The Morgan fingerprint density at radius 2 is 1.65 bits per heavy atom. The number of aliphatic hydroxyl groups excluding tert-OH is 2. The van der Waals surface area contributed by atoms with Crippen LogP contribution in [0.2, 0.25) is 0 Å². The largest absolute Gasteiger partial charge is 0.507 e. The van der Waals surface area contributed by atoms with Crippen LogP contribution in [0.3, 0.4) is 0 Å². The highest BCUT2D eigenvalue weighted by Crippen LogP contribution is 2.48. The first-order valence-electron chi connectivity index (χ1n) is 12.1. The Morgan fingerprint density at radius 1 is 0.973 bits per heavy atom. The van der Waals surface area contributed by atoms with Crippen LogP contribution in [0.5, 0.6) is 17.2 Å². The summed E-state index contributed by atoms with van der Waals surface area (Å²) < 4.78 is 23.2. The summed E-state index contributed by atoms with van der Waals surface area (Å²) in [5.74, 6) is 0.631. The van der Waals surface area contributed by atoms with Gasteiger partial charge < -0.3 is 39.1 Å². The second-order valence-electron chi connectivity index (χ2n) is 9.72. The van der Waals surface area contributed by atoms with Gasteiger partial charge in [-0.1, -0.05) is 13.0 Å². The Hall–Kier alpha value is -3.37. The number of hydrogen-bond acceptors (Lipinski definition) is 9. The molecule has 4 N–H and O–H groups in total. The molecule has 5 atom stereocenters. The minimum atomic E-state index is -1.89. The Kier molecular flexibility index (Phi) is 6.07. The summed E-state index contributed by atoms with van der Waals surface area (Å²) in [6.07, 6.45) is -4.15. The number of rotatable bonds is 4. The molecule has 5 rings (SSSR count). The first-order valence-corrected chi connectivity index (χ1v) is 12.1. The molecule has 9 heteroatoms. The third-order valence-electron chi connectivity index (χ3n) is 7.50. The van der Waals surface area contributed by atoms with Crippen molar-refractivity contribution in [2.75, 3.05) is 14.2 Å². The second kappa shape index (κ2) is 8.88. The molecule has 3 aromatic carbocycles. The molecule has 1 saturated heterocycles. The summed E-state index contributed by atoms with van der Waals surface area (Å²) in [5.41, 5.74) is -1.12. The molecule has 1 aliphatic heterocycles. The Morgan fingerprint density at radius 3 is 2.30 bits per heavy atom. The van der Waals surface area contributed by atoms with E-state index in [4.69, 9.17) is 18.6 Å². The lowest BCUT2D eigenvalue weighted by Gasteiger charge is -2.46. The van der Waals surface area contributed by atoms with Crippen molar-refractivity contribution in [3.8, 4) is 17.2 Å². The van der Waals surface area contributed by atoms with Gasteiger partial charge in [0.2, 0.25) is 0 Å². The quantitative estimate of drug-likeness (QED) is 0.240. The van der Waals surface area contributed by atoms with E-state index in [-0.39, 0.29) is 22.1 Å². The number of ether oxygens (including phenoxy) is 3. The van der Waals surface area contributed by atoms with E-state index in [0.29, 0.717) is 39.6 Å². The topological polar surface area (TPSA) is 139 Å². The van der Waals surface area contributed by atoms with E-state index >= 15 is 0 Å². The highest BCUT2D eigenvalue weighted by atomic mass is 16.5. The Labute approximate surface area is 212 Å². The molecule has 4 aromatic rings. The normalized spacial score (nSPS) is 26.2. The molecule has 0 unspecified atom stereocenters. The van der Waals surface area contributed by atoms with Crippen molar-refractivity contribution in [1.82, 2.24) is 0 Å². The van der Waals surface area contributed by atoms with Gasteiger partial charge in [0.25, 0.3) is 0 Å². The van der Waals surface area contributed by atoms with Gasteiger partial charge in [0, 0.05) is 16.2 Å². The number of benzene rings is 3. The molecule has 196 valence electrons. The molecular formula is C28H30O9. The van der Waals surface area contributed by atoms with Crippen molar-refractivity contribution in [2.24, 2.45) is 0 Å². The van der Waals surface area contributed by atoms with E-state index in [2.05, 4.69) is 0 Å². The molecule has 0 saturated carbocycles.